The standard InChI is InChI=1S/C15H24N2OS/c1-10-6-7-13(8-11(10)2)19-12(3)9-15(4,17-5)14(16)18/h6-8,12,17H,9H2,1-5H3,(H2,16,18). The van der Waals surface area contributed by atoms with Crippen molar-refractivity contribution in [2.24, 2.45) is 5.73 Å². The summed E-state index contributed by atoms with van der Waals surface area (Å²) in [5.74, 6) is -0.303. The lowest BCUT2D eigenvalue weighted by Gasteiger charge is -2.28. The van der Waals surface area contributed by atoms with E-state index in [0.29, 0.717) is 11.7 Å². The topological polar surface area (TPSA) is 55.1 Å². The molecule has 0 aliphatic heterocycles. The van der Waals surface area contributed by atoms with Gasteiger partial charge < -0.3 is 11.1 Å². The molecule has 0 aliphatic rings. The van der Waals surface area contributed by atoms with Gasteiger partial charge in [0.05, 0.1) is 5.54 Å². The largest absolute Gasteiger partial charge is 0.368 e. The molecule has 0 fully saturated rings. The average molecular weight is 280 g/mol. The van der Waals surface area contributed by atoms with Crippen molar-refractivity contribution in [3.8, 4) is 0 Å². The molecule has 1 aromatic carbocycles. The Labute approximate surface area is 120 Å². The predicted octanol–water partition coefficient (Wildman–Crippen LogP) is 2.64. The van der Waals surface area contributed by atoms with Crippen molar-refractivity contribution in [2.45, 2.75) is 49.8 Å². The first-order valence-corrected chi connectivity index (χ1v) is 7.39. The van der Waals surface area contributed by atoms with E-state index in [1.54, 1.807) is 18.8 Å². The van der Waals surface area contributed by atoms with E-state index in [1.165, 1.54) is 16.0 Å². The lowest BCUT2D eigenvalue weighted by molar-refractivity contribution is -0.123. The van der Waals surface area contributed by atoms with Gasteiger partial charge in [0.25, 0.3) is 0 Å². The summed E-state index contributed by atoms with van der Waals surface area (Å²) >= 11 is 1.78. The van der Waals surface area contributed by atoms with Crippen molar-refractivity contribution >= 4 is 17.7 Å². The van der Waals surface area contributed by atoms with E-state index >= 15 is 0 Å². The van der Waals surface area contributed by atoms with Crippen LogP contribution in [0.2, 0.25) is 0 Å². The molecule has 0 aromatic heterocycles. The number of nitrogens with one attached hydrogen (secondary N) is 1. The zero-order valence-corrected chi connectivity index (χ0v) is 13.2. The number of hydrogen-bond acceptors (Lipinski definition) is 3. The van der Waals surface area contributed by atoms with Crippen molar-refractivity contribution in [3.63, 3.8) is 0 Å². The van der Waals surface area contributed by atoms with Crippen LogP contribution in [-0.4, -0.2) is 23.7 Å². The summed E-state index contributed by atoms with van der Waals surface area (Å²) < 4.78 is 0. The Balaban J connectivity index is 2.71. The average Bonchev–Trinajstić information content (AvgIpc) is 2.33. The third kappa shape index (κ3) is 4.25. The van der Waals surface area contributed by atoms with Crippen LogP contribution in [0.4, 0.5) is 0 Å². The molecule has 0 saturated heterocycles. The van der Waals surface area contributed by atoms with Crippen LogP contribution in [-0.2, 0) is 4.79 Å². The molecule has 0 radical (unpaired) electrons. The second kappa shape index (κ2) is 6.44. The zero-order valence-electron chi connectivity index (χ0n) is 12.4. The van der Waals surface area contributed by atoms with Crippen LogP contribution in [0.5, 0.6) is 0 Å². The highest BCUT2D eigenvalue weighted by molar-refractivity contribution is 7.99. The lowest BCUT2D eigenvalue weighted by Crippen LogP contribution is -2.52. The number of nitrogens with two attached hydrogens (primary N) is 1. The Hall–Kier alpha value is -1.00. The van der Waals surface area contributed by atoms with Gasteiger partial charge in [0.1, 0.15) is 0 Å². The third-order valence-corrected chi connectivity index (χ3v) is 4.70. The lowest BCUT2D eigenvalue weighted by atomic mass is 9.95. The van der Waals surface area contributed by atoms with Crippen LogP contribution in [0.1, 0.15) is 31.4 Å². The van der Waals surface area contributed by atoms with E-state index in [0.717, 1.165) is 0 Å². The number of carbonyl (C=O) groups excluding carboxylic acids is 1. The number of thioether (sulfide) groups is 1. The molecule has 2 unspecified atom stereocenters. The van der Waals surface area contributed by atoms with Crippen molar-refractivity contribution in [1.82, 2.24) is 5.32 Å². The Morgan fingerprint density at radius 2 is 2.05 bits per heavy atom. The molecule has 0 aliphatic carbocycles. The van der Waals surface area contributed by atoms with Crippen LogP contribution in [0.15, 0.2) is 23.1 Å². The molecule has 0 bridgehead atoms. The van der Waals surface area contributed by atoms with Crippen molar-refractivity contribution in [1.29, 1.82) is 0 Å². The maximum Gasteiger partial charge on any atom is 0.237 e. The van der Waals surface area contributed by atoms with Gasteiger partial charge in [-0.25, -0.2) is 0 Å². The fraction of sp³-hybridized carbons (Fsp3) is 0.533. The molecule has 0 spiro atoms. The van der Waals surface area contributed by atoms with E-state index < -0.39 is 5.54 Å². The van der Waals surface area contributed by atoms with Crippen LogP contribution < -0.4 is 11.1 Å². The first-order valence-electron chi connectivity index (χ1n) is 6.51. The Morgan fingerprint density at radius 3 is 2.53 bits per heavy atom. The minimum Gasteiger partial charge on any atom is -0.368 e. The SMILES string of the molecule is CNC(C)(CC(C)Sc1ccc(C)c(C)c1)C(N)=O. The third-order valence-electron chi connectivity index (χ3n) is 3.61. The van der Waals surface area contributed by atoms with Gasteiger partial charge >= 0.3 is 0 Å². The zero-order chi connectivity index (χ0) is 14.6. The molecular formula is C15H24N2OS. The van der Waals surface area contributed by atoms with E-state index in [2.05, 4.69) is 44.3 Å². The van der Waals surface area contributed by atoms with Gasteiger partial charge in [-0.1, -0.05) is 13.0 Å². The van der Waals surface area contributed by atoms with Crippen LogP contribution >= 0.6 is 11.8 Å². The minimum atomic E-state index is -0.647. The summed E-state index contributed by atoms with van der Waals surface area (Å²) in [7, 11) is 1.78. The van der Waals surface area contributed by atoms with E-state index in [9.17, 15) is 4.79 Å². The Morgan fingerprint density at radius 1 is 1.42 bits per heavy atom. The number of amides is 1. The van der Waals surface area contributed by atoms with Gasteiger partial charge in [-0.05, 0) is 57.5 Å². The van der Waals surface area contributed by atoms with Crippen molar-refractivity contribution in [3.05, 3.63) is 29.3 Å². The molecule has 0 saturated carbocycles. The monoisotopic (exact) mass is 280 g/mol. The Bertz CT molecular complexity index is 461. The van der Waals surface area contributed by atoms with E-state index in [-0.39, 0.29) is 5.91 Å². The smallest absolute Gasteiger partial charge is 0.237 e. The summed E-state index contributed by atoms with van der Waals surface area (Å²) in [6, 6.07) is 6.46. The van der Waals surface area contributed by atoms with Crippen molar-refractivity contribution < 1.29 is 4.79 Å². The number of likely N-dealkylation sites (N-methyl/N-ethyl adjacent to an activating group) is 1. The van der Waals surface area contributed by atoms with Crippen LogP contribution in [0.25, 0.3) is 0 Å². The molecule has 0 heterocycles. The summed E-state index contributed by atoms with van der Waals surface area (Å²) in [6.45, 7) is 8.20. The summed E-state index contributed by atoms with van der Waals surface area (Å²) in [6.07, 6.45) is 0.705. The highest BCUT2D eigenvalue weighted by Crippen LogP contribution is 2.29. The highest BCUT2D eigenvalue weighted by Gasteiger charge is 2.31. The molecule has 4 heteroatoms. The van der Waals surface area contributed by atoms with Gasteiger partial charge in [-0.15, -0.1) is 11.8 Å². The normalized spacial score (nSPS) is 15.8. The first kappa shape index (κ1) is 16.1. The van der Waals surface area contributed by atoms with Gasteiger partial charge in [-0.2, -0.15) is 0 Å². The number of carbonyl (C=O) groups is 1. The molecule has 3 N–H and O–H groups in total. The predicted molar refractivity (Wildman–Crippen MR) is 82.5 cm³/mol. The maximum absolute atomic E-state index is 11.5. The molecule has 106 valence electrons. The molecule has 1 amide bonds. The summed E-state index contributed by atoms with van der Waals surface area (Å²) in [5.41, 5.74) is 7.40. The summed E-state index contributed by atoms with van der Waals surface area (Å²) in [5, 5.41) is 3.34. The number of primary amides is 1. The second-order valence-corrected chi connectivity index (χ2v) is 6.84. The minimum absolute atomic E-state index is 0.303. The van der Waals surface area contributed by atoms with Crippen molar-refractivity contribution in [2.75, 3.05) is 7.05 Å². The van der Waals surface area contributed by atoms with Gasteiger partial charge in [0, 0.05) is 10.1 Å². The van der Waals surface area contributed by atoms with Gasteiger partial charge in [0.15, 0.2) is 0 Å². The molecule has 19 heavy (non-hydrogen) atoms. The van der Waals surface area contributed by atoms with Crippen LogP contribution in [0, 0.1) is 13.8 Å². The van der Waals surface area contributed by atoms with Gasteiger partial charge in [0.2, 0.25) is 5.91 Å². The fourth-order valence-corrected chi connectivity index (χ4v) is 3.23. The Kier molecular flexibility index (Phi) is 5.44. The number of benzene rings is 1. The number of rotatable bonds is 6. The highest BCUT2D eigenvalue weighted by atomic mass is 32.2. The van der Waals surface area contributed by atoms with E-state index in [1.807, 2.05) is 6.92 Å². The molecule has 1 aromatic rings. The van der Waals surface area contributed by atoms with Gasteiger partial charge in [-0.3, -0.25) is 4.79 Å². The molecule has 2 atom stereocenters. The fourth-order valence-electron chi connectivity index (χ4n) is 1.96. The molecule has 3 nitrogen and oxygen atoms in total. The quantitative estimate of drug-likeness (QED) is 0.788. The van der Waals surface area contributed by atoms with E-state index in [4.69, 9.17) is 5.73 Å². The summed E-state index contributed by atoms with van der Waals surface area (Å²) in [4.78, 5) is 12.7. The first-order chi connectivity index (χ1) is 8.78. The molecular weight excluding hydrogens is 256 g/mol. The number of hydrogen-bond donors (Lipinski definition) is 2. The van der Waals surface area contributed by atoms with Crippen LogP contribution in [0.3, 0.4) is 0 Å². The number of aryl methyl sites for hydroxylation is 2. The maximum atomic E-state index is 11.5. The molecule has 1 rings (SSSR count). The second-order valence-electron chi connectivity index (χ2n) is 5.33.